The summed E-state index contributed by atoms with van der Waals surface area (Å²) in [5.74, 6) is -0.190. The zero-order valence-corrected chi connectivity index (χ0v) is 6.02. The molecule has 0 fully saturated rings. The summed E-state index contributed by atoms with van der Waals surface area (Å²) in [6.07, 6.45) is 2.31. The van der Waals surface area contributed by atoms with Gasteiger partial charge in [0, 0.05) is 12.5 Å². The monoisotopic (exact) mass is 131 g/mol. The van der Waals surface area contributed by atoms with Gasteiger partial charge in [0.1, 0.15) is 0 Å². The van der Waals surface area contributed by atoms with E-state index >= 15 is 0 Å². The molecule has 0 aromatic carbocycles. The molecular formula is C7H14FN. The van der Waals surface area contributed by atoms with Crippen LogP contribution in [-0.4, -0.2) is 6.54 Å². The highest BCUT2D eigenvalue weighted by Crippen LogP contribution is 2.10. The topological polar surface area (TPSA) is 26.0 Å². The first-order valence-corrected chi connectivity index (χ1v) is 3.28. The van der Waals surface area contributed by atoms with Crippen LogP contribution in [0.4, 0.5) is 4.39 Å². The molecule has 54 valence electrons. The first-order chi connectivity index (χ1) is 4.22. The molecule has 0 amide bonds. The Bertz CT molecular complexity index is 99.1. The van der Waals surface area contributed by atoms with Crippen LogP contribution in [0.25, 0.3) is 0 Å². The first kappa shape index (κ1) is 8.63. The third-order valence-corrected chi connectivity index (χ3v) is 1.22. The molecule has 0 rings (SSSR count). The Morgan fingerprint density at radius 2 is 2.33 bits per heavy atom. The predicted molar refractivity (Wildman–Crippen MR) is 37.7 cm³/mol. The fourth-order valence-electron chi connectivity index (χ4n) is 0.509. The van der Waals surface area contributed by atoms with Crippen molar-refractivity contribution in [2.45, 2.75) is 20.3 Å². The van der Waals surface area contributed by atoms with E-state index in [-0.39, 0.29) is 11.7 Å². The van der Waals surface area contributed by atoms with Crippen molar-refractivity contribution in [3.05, 3.63) is 11.9 Å². The third-order valence-electron chi connectivity index (χ3n) is 1.22. The van der Waals surface area contributed by atoms with Gasteiger partial charge in [0.05, 0.1) is 5.83 Å². The first-order valence-electron chi connectivity index (χ1n) is 3.28. The van der Waals surface area contributed by atoms with Crippen LogP contribution in [0.1, 0.15) is 20.3 Å². The van der Waals surface area contributed by atoms with Crippen molar-refractivity contribution in [1.29, 1.82) is 0 Å². The van der Waals surface area contributed by atoms with Crippen molar-refractivity contribution < 1.29 is 4.39 Å². The van der Waals surface area contributed by atoms with E-state index in [1.807, 2.05) is 6.92 Å². The second kappa shape index (κ2) is 4.50. The minimum atomic E-state index is -0.107. The molecule has 0 aliphatic rings. The van der Waals surface area contributed by atoms with Crippen molar-refractivity contribution in [2.75, 3.05) is 6.54 Å². The normalized spacial score (nSPS) is 15.8. The van der Waals surface area contributed by atoms with Crippen molar-refractivity contribution in [1.82, 2.24) is 0 Å². The molecule has 2 heteroatoms. The van der Waals surface area contributed by atoms with E-state index in [1.54, 1.807) is 13.0 Å². The summed E-state index contributed by atoms with van der Waals surface area (Å²) in [7, 11) is 0. The summed E-state index contributed by atoms with van der Waals surface area (Å²) in [4.78, 5) is 0. The van der Waals surface area contributed by atoms with Crippen LogP contribution in [0, 0.1) is 5.92 Å². The zero-order chi connectivity index (χ0) is 7.28. The number of hydrogen-bond acceptors (Lipinski definition) is 1. The van der Waals surface area contributed by atoms with Gasteiger partial charge in [-0.3, -0.25) is 0 Å². The maximum Gasteiger partial charge on any atom is 0.1000 e. The molecular weight excluding hydrogens is 117 g/mol. The largest absolute Gasteiger partial charge is 0.330 e. The fourth-order valence-corrected chi connectivity index (χ4v) is 0.509. The lowest BCUT2D eigenvalue weighted by atomic mass is 10.1. The minimum Gasteiger partial charge on any atom is -0.330 e. The molecule has 9 heavy (non-hydrogen) atoms. The van der Waals surface area contributed by atoms with Gasteiger partial charge in [-0.25, -0.2) is 4.39 Å². The van der Waals surface area contributed by atoms with E-state index in [2.05, 4.69) is 0 Å². The lowest BCUT2D eigenvalue weighted by Crippen LogP contribution is -2.10. The Hall–Kier alpha value is -0.370. The Morgan fingerprint density at radius 1 is 1.78 bits per heavy atom. The molecule has 1 unspecified atom stereocenters. The maximum atomic E-state index is 12.6. The van der Waals surface area contributed by atoms with Crippen LogP contribution >= 0.6 is 0 Å². The lowest BCUT2D eigenvalue weighted by molar-refractivity contribution is 0.495. The summed E-state index contributed by atoms with van der Waals surface area (Å²) in [6, 6.07) is 0. The van der Waals surface area contributed by atoms with Gasteiger partial charge in [0.25, 0.3) is 0 Å². The second-order valence-corrected chi connectivity index (χ2v) is 2.13. The predicted octanol–water partition coefficient (Wildman–Crippen LogP) is 1.84. The molecule has 0 saturated carbocycles. The van der Waals surface area contributed by atoms with Gasteiger partial charge in [-0.2, -0.15) is 0 Å². The van der Waals surface area contributed by atoms with Gasteiger partial charge >= 0.3 is 0 Å². The molecule has 0 aromatic heterocycles. The molecule has 0 aliphatic heterocycles. The van der Waals surface area contributed by atoms with Gasteiger partial charge < -0.3 is 5.73 Å². The lowest BCUT2D eigenvalue weighted by Gasteiger charge is -2.02. The fraction of sp³-hybridized carbons (Fsp3) is 0.714. The maximum absolute atomic E-state index is 12.6. The van der Waals surface area contributed by atoms with Crippen LogP contribution < -0.4 is 5.73 Å². The average molecular weight is 131 g/mol. The molecule has 0 heterocycles. The number of nitrogens with two attached hydrogens (primary N) is 1. The van der Waals surface area contributed by atoms with Crippen LogP contribution in [0.5, 0.6) is 0 Å². The van der Waals surface area contributed by atoms with Gasteiger partial charge in [0.15, 0.2) is 0 Å². The molecule has 0 aliphatic carbocycles. The molecule has 1 nitrogen and oxygen atoms in total. The highest BCUT2D eigenvalue weighted by molar-refractivity contribution is 4.95. The smallest absolute Gasteiger partial charge is 0.1000 e. The van der Waals surface area contributed by atoms with E-state index < -0.39 is 0 Å². The molecule has 1 atom stereocenters. The SMILES string of the molecule is CC/C=C(/F)C(C)CN. The number of rotatable bonds is 3. The van der Waals surface area contributed by atoms with Crippen molar-refractivity contribution in [3.8, 4) is 0 Å². The molecule has 0 bridgehead atoms. The third kappa shape index (κ3) is 3.25. The van der Waals surface area contributed by atoms with E-state index in [1.165, 1.54) is 0 Å². The van der Waals surface area contributed by atoms with Crippen LogP contribution in [0.15, 0.2) is 11.9 Å². The van der Waals surface area contributed by atoms with Gasteiger partial charge in [-0.15, -0.1) is 0 Å². The second-order valence-electron chi connectivity index (χ2n) is 2.13. The summed E-state index contributed by atoms with van der Waals surface area (Å²) in [5, 5.41) is 0. The van der Waals surface area contributed by atoms with Gasteiger partial charge in [-0.1, -0.05) is 19.9 Å². The van der Waals surface area contributed by atoms with Crippen molar-refractivity contribution >= 4 is 0 Å². The van der Waals surface area contributed by atoms with Crippen molar-refractivity contribution in [3.63, 3.8) is 0 Å². The Morgan fingerprint density at radius 3 is 2.67 bits per heavy atom. The number of allylic oxidation sites excluding steroid dienone is 1. The van der Waals surface area contributed by atoms with E-state index in [9.17, 15) is 4.39 Å². The van der Waals surface area contributed by atoms with E-state index in [4.69, 9.17) is 5.73 Å². The summed E-state index contributed by atoms with van der Waals surface area (Å²) in [6.45, 7) is 4.08. The molecule has 2 N–H and O–H groups in total. The Labute approximate surface area is 55.7 Å². The van der Waals surface area contributed by atoms with Crippen LogP contribution in [-0.2, 0) is 0 Å². The highest BCUT2D eigenvalue weighted by atomic mass is 19.1. The Kier molecular flexibility index (Phi) is 4.32. The van der Waals surface area contributed by atoms with Crippen LogP contribution in [0.2, 0.25) is 0 Å². The van der Waals surface area contributed by atoms with Gasteiger partial charge in [-0.05, 0) is 6.42 Å². The van der Waals surface area contributed by atoms with Crippen molar-refractivity contribution in [2.24, 2.45) is 11.7 Å². The van der Waals surface area contributed by atoms with E-state index in [0.717, 1.165) is 6.42 Å². The minimum absolute atomic E-state index is 0.0833. The molecule has 0 saturated heterocycles. The van der Waals surface area contributed by atoms with Crippen LogP contribution in [0.3, 0.4) is 0 Å². The van der Waals surface area contributed by atoms with E-state index in [0.29, 0.717) is 6.54 Å². The molecule has 0 radical (unpaired) electrons. The summed E-state index contributed by atoms with van der Waals surface area (Å²) < 4.78 is 12.6. The standard InChI is InChI=1S/C7H14FN/c1-3-4-7(8)6(2)5-9/h4,6H,3,5,9H2,1-2H3/b7-4+. The molecule has 0 aromatic rings. The average Bonchev–Trinajstić information content (AvgIpc) is 1.87. The zero-order valence-electron chi connectivity index (χ0n) is 6.02. The number of halogens is 1. The Balaban J connectivity index is 3.70. The van der Waals surface area contributed by atoms with Gasteiger partial charge in [0.2, 0.25) is 0 Å². The summed E-state index contributed by atoms with van der Waals surface area (Å²) >= 11 is 0. The number of hydrogen-bond donors (Lipinski definition) is 1. The summed E-state index contributed by atoms with van der Waals surface area (Å²) in [5.41, 5.74) is 5.22. The quantitative estimate of drug-likeness (QED) is 0.621. The highest BCUT2D eigenvalue weighted by Gasteiger charge is 2.02. The molecule has 0 spiro atoms.